The van der Waals surface area contributed by atoms with Crippen molar-refractivity contribution in [3.05, 3.63) is 70.2 Å². The number of aryl methyl sites for hydroxylation is 1. The molecule has 0 bridgehead atoms. The van der Waals surface area contributed by atoms with Gasteiger partial charge in [-0.15, -0.1) is 0 Å². The quantitative estimate of drug-likeness (QED) is 0.892. The molecule has 0 amide bonds. The first-order valence-corrected chi connectivity index (χ1v) is 7.69. The van der Waals surface area contributed by atoms with Crippen molar-refractivity contribution in [1.29, 1.82) is 0 Å². The van der Waals surface area contributed by atoms with E-state index in [2.05, 4.69) is 36.4 Å². The Hall–Kier alpha value is -1.31. The molecule has 3 rings (SSSR count). The molecule has 0 fully saturated rings. The Labute approximate surface area is 125 Å². The molecular weight excluding hydrogens is 266 g/mol. The van der Waals surface area contributed by atoms with E-state index in [4.69, 9.17) is 17.3 Å². The molecule has 0 saturated heterocycles. The molecule has 0 spiro atoms. The van der Waals surface area contributed by atoms with Crippen LogP contribution in [0.3, 0.4) is 0 Å². The summed E-state index contributed by atoms with van der Waals surface area (Å²) in [7, 11) is 0. The van der Waals surface area contributed by atoms with Crippen LogP contribution in [0, 0.1) is 0 Å². The Morgan fingerprint density at radius 1 is 1.10 bits per heavy atom. The van der Waals surface area contributed by atoms with E-state index in [0.29, 0.717) is 5.92 Å². The summed E-state index contributed by atoms with van der Waals surface area (Å²) >= 11 is 5.93. The van der Waals surface area contributed by atoms with Crippen molar-refractivity contribution in [3.8, 4) is 0 Å². The fourth-order valence-corrected chi connectivity index (χ4v) is 3.40. The molecule has 0 aromatic heterocycles. The number of rotatable bonds is 3. The maximum Gasteiger partial charge on any atom is 0.0406 e. The molecule has 2 heteroatoms. The zero-order valence-corrected chi connectivity index (χ0v) is 12.3. The average Bonchev–Trinajstić information content (AvgIpc) is 2.49. The van der Waals surface area contributed by atoms with Gasteiger partial charge in [-0.3, -0.25) is 0 Å². The van der Waals surface area contributed by atoms with Gasteiger partial charge >= 0.3 is 0 Å². The van der Waals surface area contributed by atoms with Crippen LogP contribution >= 0.6 is 11.6 Å². The third kappa shape index (κ3) is 2.89. The lowest BCUT2D eigenvalue weighted by molar-refractivity contribution is 0.460. The highest BCUT2D eigenvalue weighted by molar-refractivity contribution is 6.30. The minimum atomic E-state index is 0.178. The highest BCUT2D eigenvalue weighted by Crippen LogP contribution is 2.34. The van der Waals surface area contributed by atoms with E-state index in [-0.39, 0.29) is 6.04 Å². The number of nitrogens with two attached hydrogens (primary N) is 1. The lowest BCUT2D eigenvalue weighted by atomic mass is 9.77. The van der Waals surface area contributed by atoms with Crippen molar-refractivity contribution >= 4 is 11.6 Å². The van der Waals surface area contributed by atoms with Gasteiger partial charge in [0.05, 0.1) is 0 Å². The van der Waals surface area contributed by atoms with Crippen LogP contribution in [0.15, 0.2) is 48.5 Å². The lowest BCUT2D eigenvalue weighted by Gasteiger charge is -2.30. The molecule has 1 aliphatic carbocycles. The van der Waals surface area contributed by atoms with E-state index in [1.54, 1.807) is 0 Å². The Kier molecular flexibility index (Phi) is 4.09. The molecule has 2 aromatic rings. The van der Waals surface area contributed by atoms with Gasteiger partial charge in [-0.25, -0.2) is 0 Å². The second-order valence-corrected chi connectivity index (χ2v) is 6.13. The van der Waals surface area contributed by atoms with Crippen LogP contribution in [-0.4, -0.2) is 6.04 Å². The first-order chi connectivity index (χ1) is 9.74. The molecule has 20 heavy (non-hydrogen) atoms. The normalized spacial score (nSPS) is 19.4. The molecule has 0 aliphatic heterocycles. The highest BCUT2D eigenvalue weighted by atomic mass is 35.5. The molecule has 2 unspecified atom stereocenters. The van der Waals surface area contributed by atoms with Crippen LogP contribution in [0.4, 0.5) is 0 Å². The van der Waals surface area contributed by atoms with Crippen LogP contribution < -0.4 is 5.73 Å². The van der Waals surface area contributed by atoms with E-state index in [1.165, 1.54) is 36.0 Å². The summed E-state index contributed by atoms with van der Waals surface area (Å²) in [6, 6.07) is 17.0. The van der Waals surface area contributed by atoms with Crippen LogP contribution in [0.2, 0.25) is 5.02 Å². The van der Waals surface area contributed by atoms with Crippen molar-refractivity contribution in [1.82, 2.24) is 0 Å². The summed E-state index contributed by atoms with van der Waals surface area (Å²) < 4.78 is 0. The molecule has 1 nitrogen and oxygen atoms in total. The minimum absolute atomic E-state index is 0.178. The van der Waals surface area contributed by atoms with E-state index in [9.17, 15) is 0 Å². The van der Waals surface area contributed by atoms with Crippen molar-refractivity contribution in [2.45, 2.75) is 37.6 Å². The van der Waals surface area contributed by atoms with Crippen LogP contribution in [0.25, 0.3) is 0 Å². The Bertz CT molecular complexity index is 576. The largest absolute Gasteiger partial charge is 0.327 e. The van der Waals surface area contributed by atoms with Gasteiger partial charge in [0.25, 0.3) is 0 Å². The first-order valence-electron chi connectivity index (χ1n) is 7.32. The van der Waals surface area contributed by atoms with Gasteiger partial charge in [0.1, 0.15) is 0 Å². The average molecular weight is 286 g/mol. The topological polar surface area (TPSA) is 26.0 Å². The van der Waals surface area contributed by atoms with Crippen molar-refractivity contribution in [2.24, 2.45) is 5.73 Å². The molecular formula is C18H20ClN. The van der Waals surface area contributed by atoms with E-state index in [1.807, 2.05) is 12.1 Å². The molecule has 104 valence electrons. The lowest BCUT2D eigenvalue weighted by Crippen LogP contribution is -2.33. The highest BCUT2D eigenvalue weighted by Gasteiger charge is 2.25. The van der Waals surface area contributed by atoms with Gasteiger partial charge in [-0.2, -0.15) is 0 Å². The number of benzene rings is 2. The summed E-state index contributed by atoms with van der Waals surface area (Å²) in [6.45, 7) is 0. The Morgan fingerprint density at radius 2 is 1.85 bits per heavy atom. The second kappa shape index (κ2) is 5.99. The standard InChI is InChI=1S/C18H20ClN/c19-15-10-8-13(9-11-15)12-18(20)17-7-3-5-14-4-1-2-6-16(14)17/h1-2,4,6,8-11,17-18H,3,5,7,12,20H2. The summed E-state index contributed by atoms with van der Waals surface area (Å²) in [5.41, 5.74) is 10.7. The fourth-order valence-electron chi connectivity index (χ4n) is 3.27. The van der Waals surface area contributed by atoms with Gasteiger partial charge in [0.2, 0.25) is 0 Å². The van der Waals surface area contributed by atoms with E-state index < -0.39 is 0 Å². The molecule has 2 atom stereocenters. The summed E-state index contributed by atoms with van der Waals surface area (Å²) in [6.07, 6.45) is 4.55. The zero-order valence-electron chi connectivity index (χ0n) is 11.6. The predicted molar refractivity (Wildman–Crippen MR) is 85.3 cm³/mol. The smallest absolute Gasteiger partial charge is 0.0406 e. The number of fused-ring (bicyclic) bond motifs is 1. The van der Waals surface area contributed by atoms with Crippen molar-refractivity contribution in [3.63, 3.8) is 0 Å². The maximum absolute atomic E-state index is 6.50. The monoisotopic (exact) mass is 285 g/mol. The summed E-state index contributed by atoms with van der Waals surface area (Å²) in [5, 5.41) is 0.783. The van der Waals surface area contributed by atoms with Crippen molar-refractivity contribution in [2.75, 3.05) is 0 Å². The van der Waals surface area contributed by atoms with E-state index >= 15 is 0 Å². The van der Waals surface area contributed by atoms with Crippen LogP contribution in [-0.2, 0) is 12.8 Å². The van der Waals surface area contributed by atoms with Gasteiger partial charge < -0.3 is 5.73 Å². The Morgan fingerprint density at radius 3 is 2.65 bits per heavy atom. The fraction of sp³-hybridized carbons (Fsp3) is 0.333. The first kappa shape index (κ1) is 13.7. The minimum Gasteiger partial charge on any atom is -0.327 e. The SMILES string of the molecule is NC(Cc1ccc(Cl)cc1)C1CCCc2ccccc21. The second-order valence-electron chi connectivity index (χ2n) is 5.69. The summed E-state index contributed by atoms with van der Waals surface area (Å²) in [4.78, 5) is 0. The third-order valence-corrected chi connectivity index (χ3v) is 4.57. The number of halogens is 1. The van der Waals surface area contributed by atoms with Crippen LogP contribution in [0.5, 0.6) is 0 Å². The predicted octanol–water partition coefficient (Wildman–Crippen LogP) is 4.33. The van der Waals surface area contributed by atoms with Gasteiger partial charge in [0, 0.05) is 11.1 Å². The molecule has 2 N–H and O–H groups in total. The molecule has 0 radical (unpaired) electrons. The molecule has 0 saturated carbocycles. The van der Waals surface area contributed by atoms with Gasteiger partial charge in [-0.1, -0.05) is 48.0 Å². The van der Waals surface area contributed by atoms with Gasteiger partial charge in [-0.05, 0) is 60.4 Å². The number of hydrogen-bond acceptors (Lipinski definition) is 1. The third-order valence-electron chi connectivity index (χ3n) is 4.32. The molecule has 0 heterocycles. The molecule has 1 aliphatic rings. The number of hydrogen-bond donors (Lipinski definition) is 1. The molecule has 2 aromatic carbocycles. The Balaban J connectivity index is 1.78. The van der Waals surface area contributed by atoms with Crippen molar-refractivity contribution < 1.29 is 0 Å². The maximum atomic E-state index is 6.50. The zero-order chi connectivity index (χ0) is 13.9. The van der Waals surface area contributed by atoms with Gasteiger partial charge in [0.15, 0.2) is 0 Å². The van der Waals surface area contributed by atoms with Crippen LogP contribution in [0.1, 0.15) is 35.4 Å². The van der Waals surface area contributed by atoms with E-state index in [0.717, 1.165) is 11.4 Å². The summed E-state index contributed by atoms with van der Waals surface area (Å²) in [5.74, 6) is 0.482.